The van der Waals surface area contributed by atoms with Gasteiger partial charge in [-0.3, -0.25) is 0 Å². The van der Waals surface area contributed by atoms with Gasteiger partial charge in [-0.1, -0.05) is 0 Å². The zero-order valence-electron chi connectivity index (χ0n) is 5.29. The lowest BCUT2D eigenvalue weighted by Gasteiger charge is -1.83. The van der Waals surface area contributed by atoms with Crippen LogP contribution in [-0.2, 0) is 6.54 Å². The molecule has 10 heavy (non-hydrogen) atoms. The van der Waals surface area contributed by atoms with Gasteiger partial charge < -0.3 is 15.8 Å². The molecule has 0 amide bonds. The van der Waals surface area contributed by atoms with E-state index in [9.17, 15) is 4.79 Å². The summed E-state index contributed by atoms with van der Waals surface area (Å²) >= 11 is 0. The molecule has 0 aliphatic carbocycles. The van der Waals surface area contributed by atoms with Gasteiger partial charge in [0.15, 0.2) is 0 Å². The number of carboxylic acid groups (broad SMARTS) is 1. The van der Waals surface area contributed by atoms with E-state index in [1.165, 1.54) is 12.3 Å². The lowest BCUT2D eigenvalue weighted by molar-refractivity contribution is 0.0697. The van der Waals surface area contributed by atoms with Crippen molar-refractivity contribution in [2.75, 3.05) is 0 Å². The van der Waals surface area contributed by atoms with E-state index in [4.69, 9.17) is 10.8 Å². The molecule has 54 valence electrons. The average Bonchev–Trinajstić information content (AvgIpc) is 2.34. The van der Waals surface area contributed by atoms with Crippen molar-refractivity contribution < 1.29 is 9.90 Å². The van der Waals surface area contributed by atoms with E-state index in [0.29, 0.717) is 6.54 Å². The number of H-pyrrole nitrogens is 1. The third-order valence-corrected chi connectivity index (χ3v) is 1.21. The normalized spacial score (nSPS) is 9.70. The van der Waals surface area contributed by atoms with Crippen LogP contribution in [0.3, 0.4) is 0 Å². The van der Waals surface area contributed by atoms with Gasteiger partial charge in [0.1, 0.15) is 0 Å². The first kappa shape index (κ1) is 6.82. The minimum Gasteiger partial charge on any atom is -0.478 e. The Kier molecular flexibility index (Phi) is 1.73. The predicted molar refractivity (Wildman–Crippen MR) is 35.6 cm³/mol. The van der Waals surface area contributed by atoms with Crippen LogP contribution in [0.25, 0.3) is 0 Å². The van der Waals surface area contributed by atoms with Gasteiger partial charge in [-0.15, -0.1) is 0 Å². The highest BCUT2D eigenvalue weighted by molar-refractivity contribution is 5.87. The molecule has 0 aromatic carbocycles. The van der Waals surface area contributed by atoms with Crippen molar-refractivity contribution in [1.29, 1.82) is 0 Å². The third-order valence-electron chi connectivity index (χ3n) is 1.21. The fourth-order valence-corrected chi connectivity index (χ4v) is 0.683. The molecule has 0 saturated heterocycles. The second-order valence-corrected chi connectivity index (χ2v) is 1.92. The molecule has 0 spiro atoms. The Morgan fingerprint density at radius 3 is 2.80 bits per heavy atom. The van der Waals surface area contributed by atoms with Crippen molar-refractivity contribution in [1.82, 2.24) is 4.98 Å². The lowest BCUT2D eigenvalue weighted by atomic mass is 10.3. The quantitative estimate of drug-likeness (QED) is 0.548. The molecule has 0 bridgehead atoms. The van der Waals surface area contributed by atoms with E-state index in [2.05, 4.69) is 4.98 Å². The topological polar surface area (TPSA) is 79.1 Å². The molecule has 1 aromatic heterocycles. The maximum Gasteiger partial charge on any atom is 0.337 e. The van der Waals surface area contributed by atoms with Crippen LogP contribution in [-0.4, -0.2) is 16.1 Å². The fraction of sp³-hybridized carbons (Fsp3) is 0.167. The second-order valence-electron chi connectivity index (χ2n) is 1.92. The van der Waals surface area contributed by atoms with Gasteiger partial charge in [0.25, 0.3) is 0 Å². The van der Waals surface area contributed by atoms with Crippen LogP contribution in [0.15, 0.2) is 12.3 Å². The molecule has 4 N–H and O–H groups in total. The average molecular weight is 140 g/mol. The summed E-state index contributed by atoms with van der Waals surface area (Å²) in [5.41, 5.74) is 6.22. The number of hydrogen-bond acceptors (Lipinski definition) is 2. The highest BCUT2D eigenvalue weighted by Gasteiger charge is 2.03. The molecule has 1 heterocycles. The van der Waals surface area contributed by atoms with Gasteiger partial charge in [0.05, 0.1) is 5.56 Å². The van der Waals surface area contributed by atoms with Crippen molar-refractivity contribution in [3.05, 3.63) is 23.5 Å². The number of aromatic carboxylic acids is 1. The number of nitrogens with two attached hydrogens (primary N) is 1. The first-order chi connectivity index (χ1) is 4.74. The molecule has 1 aromatic rings. The van der Waals surface area contributed by atoms with E-state index >= 15 is 0 Å². The Morgan fingerprint density at radius 1 is 1.80 bits per heavy atom. The van der Waals surface area contributed by atoms with Gasteiger partial charge >= 0.3 is 5.97 Å². The van der Waals surface area contributed by atoms with E-state index in [-0.39, 0.29) is 5.56 Å². The largest absolute Gasteiger partial charge is 0.478 e. The zero-order valence-corrected chi connectivity index (χ0v) is 5.29. The number of carbonyl (C=O) groups is 1. The Balaban J connectivity index is 2.88. The molecule has 0 aliphatic rings. The number of rotatable bonds is 2. The van der Waals surface area contributed by atoms with Crippen LogP contribution >= 0.6 is 0 Å². The fourth-order valence-electron chi connectivity index (χ4n) is 0.683. The smallest absolute Gasteiger partial charge is 0.337 e. The molecular weight excluding hydrogens is 132 g/mol. The zero-order chi connectivity index (χ0) is 7.56. The number of hydrogen-bond donors (Lipinski definition) is 3. The Hall–Kier alpha value is -1.29. The lowest BCUT2D eigenvalue weighted by Crippen LogP contribution is -1.96. The summed E-state index contributed by atoms with van der Waals surface area (Å²) in [6, 6.07) is 1.52. The van der Waals surface area contributed by atoms with Crippen molar-refractivity contribution in [3.63, 3.8) is 0 Å². The number of nitrogens with one attached hydrogen (secondary N) is 1. The van der Waals surface area contributed by atoms with Crippen LogP contribution in [0.2, 0.25) is 0 Å². The maximum atomic E-state index is 10.3. The molecule has 4 heteroatoms. The summed E-state index contributed by atoms with van der Waals surface area (Å²) in [6.07, 6.45) is 1.42. The molecular formula is C6H8N2O2. The summed E-state index contributed by atoms with van der Waals surface area (Å²) < 4.78 is 0. The summed E-state index contributed by atoms with van der Waals surface area (Å²) in [7, 11) is 0. The van der Waals surface area contributed by atoms with Crippen molar-refractivity contribution in [3.8, 4) is 0 Å². The molecule has 4 nitrogen and oxygen atoms in total. The molecule has 1 rings (SSSR count). The second kappa shape index (κ2) is 2.53. The molecule has 0 radical (unpaired) electrons. The van der Waals surface area contributed by atoms with Gasteiger partial charge in [0.2, 0.25) is 0 Å². The minimum atomic E-state index is -0.934. The predicted octanol–water partition coefficient (Wildman–Crippen LogP) is 0.172. The summed E-state index contributed by atoms with van der Waals surface area (Å²) in [5.74, 6) is -0.934. The molecule has 0 fully saturated rings. The molecule has 0 atom stereocenters. The first-order valence-corrected chi connectivity index (χ1v) is 2.84. The van der Waals surface area contributed by atoms with Gasteiger partial charge in [-0.05, 0) is 6.07 Å². The van der Waals surface area contributed by atoms with Crippen molar-refractivity contribution in [2.24, 2.45) is 5.73 Å². The SMILES string of the molecule is NCc1cc(C(=O)O)c[nH]1. The number of aromatic amines is 1. The van der Waals surface area contributed by atoms with E-state index in [0.717, 1.165) is 5.69 Å². The Bertz CT molecular complexity index is 242. The Morgan fingerprint density at radius 2 is 2.50 bits per heavy atom. The Labute approximate surface area is 57.7 Å². The van der Waals surface area contributed by atoms with Crippen LogP contribution in [0.4, 0.5) is 0 Å². The van der Waals surface area contributed by atoms with E-state index in [1.807, 2.05) is 0 Å². The van der Waals surface area contributed by atoms with E-state index in [1.54, 1.807) is 0 Å². The summed E-state index contributed by atoms with van der Waals surface area (Å²) in [4.78, 5) is 13.0. The summed E-state index contributed by atoms with van der Waals surface area (Å²) in [5, 5.41) is 8.43. The molecule has 0 unspecified atom stereocenters. The van der Waals surface area contributed by atoms with Gasteiger partial charge in [0, 0.05) is 18.4 Å². The third kappa shape index (κ3) is 1.16. The van der Waals surface area contributed by atoms with Crippen LogP contribution in [0.5, 0.6) is 0 Å². The van der Waals surface area contributed by atoms with Crippen LogP contribution in [0, 0.1) is 0 Å². The van der Waals surface area contributed by atoms with Crippen molar-refractivity contribution >= 4 is 5.97 Å². The molecule has 0 aliphatic heterocycles. The maximum absolute atomic E-state index is 10.3. The number of aromatic nitrogens is 1. The highest BCUT2D eigenvalue weighted by atomic mass is 16.4. The monoisotopic (exact) mass is 140 g/mol. The van der Waals surface area contributed by atoms with Gasteiger partial charge in [-0.2, -0.15) is 0 Å². The number of carboxylic acids is 1. The first-order valence-electron chi connectivity index (χ1n) is 2.84. The molecule has 0 saturated carbocycles. The summed E-state index contributed by atoms with van der Waals surface area (Å²) in [6.45, 7) is 0.341. The van der Waals surface area contributed by atoms with Crippen LogP contribution in [0.1, 0.15) is 16.1 Å². The van der Waals surface area contributed by atoms with Gasteiger partial charge in [-0.25, -0.2) is 4.79 Å². The highest BCUT2D eigenvalue weighted by Crippen LogP contribution is 2.01. The minimum absolute atomic E-state index is 0.250. The van der Waals surface area contributed by atoms with E-state index < -0.39 is 5.97 Å². The van der Waals surface area contributed by atoms with Crippen LogP contribution < -0.4 is 5.73 Å². The van der Waals surface area contributed by atoms with Crippen molar-refractivity contribution in [2.45, 2.75) is 6.54 Å². The standard InChI is InChI=1S/C6H8N2O2/c7-2-5-1-4(3-8-5)6(9)10/h1,3,8H,2,7H2,(H,9,10).